The van der Waals surface area contributed by atoms with Gasteiger partial charge in [-0.3, -0.25) is 0 Å². The van der Waals surface area contributed by atoms with Crippen LogP contribution in [0, 0.1) is 0 Å². The highest BCUT2D eigenvalue weighted by molar-refractivity contribution is 5.64. The number of halogens is 2. The molecule has 1 atom stereocenters. The largest absolute Gasteiger partial charge is 0.353 e. The molecule has 0 fully saturated rings. The predicted molar refractivity (Wildman–Crippen MR) is 40.5 cm³/mol. The molecule has 62 valence electrons. The monoisotopic (exact) mass is 168 g/mol. The molecule has 1 aromatic rings. The first-order valence-corrected chi connectivity index (χ1v) is 3.51. The Balaban J connectivity index is 2.66. The van der Waals surface area contributed by atoms with Gasteiger partial charge in [0.2, 0.25) is 0 Å². The fourth-order valence-electron chi connectivity index (χ4n) is 1.29. The van der Waals surface area contributed by atoms with Crippen LogP contribution in [-0.4, -0.2) is 5.11 Å². The Morgan fingerprint density at radius 1 is 1.25 bits per heavy atom. The molecule has 1 aromatic carbocycles. The van der Waals surface area contributed by atoms with E-state index in [2.05, 4.69) is 0 Å². The summed E-state index contributed by atoms with van der Waals surface area (Å²) in [4.78, 5) is 0. The van der Waals surface area contributed by atoms with Crippen molar-refractivity contribution >= 4 is 6.08 Å². The summed E-state index contributed by atoms with van der Waals surface area (Å²) in [5, 5.41) is 9.01. The fourth-order valence-corrected chi connectivity index (χ4v) is 1.29. The van der Waals surface area contributed by atoms with E-state index in [4.69, 9.17) is 5.11 Å². The van der Waals surface area contributed by atoms with Gasteiger partial charge in [0.25, 0.3) is 5.85 Å². The van der Waals surface area contributed by atoms with Crippen LogP contribution in [0.2, 0.25) is 0 Å². The van der Waals surface area contributed by atoms with Gasteiger partial charge in [0.15, 0.2) is 5.83 Å². The first-order valence-electron chi connectivity index (χ1n) is 3.51. The van der Waals surface area contributed by atoms with E-state index >= 15 is 0 Å². The van der Waals surface area contributed by atoms with E-state index in [0.717, 1.165) is 6.08 Å². The normalized spacial score (nSPS) is 26.8. The van der Waals surface area contributed by atoms with E-state index < -0.39 is 11.7 Å². The molecule has 0 aromatic heterocycles. The number of hydrogen-bond donors (Lipinski definition) is 1. The number of aliphatic hydroxyl groups is 1. The minimum atomic E-state index is -2.92. The van der Waals surface area contributed by atoms with Crippen molar-refractivity contribution in [2.75, 3.05) is 0 Å². The third-order valence-corrected chi connectivity index (χ3v) is 1.92. The SMILES string of the molecule is OC1(F)C(F)=Cc2ccccc21. The minimum absolute atomic E-state index is 0.0255. The molecule has 0 saturated heterocycles. The first-order chi connectivity index (χ1) is 5.62. The molecular weight excluding hydrogens is 162 g/mol. The molecule has 0 amide bonds. The van der Waals surface area contributed by atoms with Gasteiger partial charge in [-0.25, -0.2) is 4.39 Å². The Kier molecular flexibility index (Phi) is 1.32. The summed E-state index contributed by atoms with van der Waals surface area (Å²) in [7, 11) is 0. The smallest absolute Gasteiger partial charge is 0.286 e. The second kappa shape index (κ2) is 2.14. The van der Waals surface area contributed by atoms with Crippen LogP contribution in [0.15, 0.2) is 30.1 Å². The summed E-state index contributed by atoms with van der Waals surface area (Å²) in [6.45, 7) is 0. The summed E-state index contributed by atoms with van der Waals surface area (Å²) in [6, 6.07) is 6.12. The molecule has 0 radical (unpaired) electrons. The first kappa shape index (κ1) is 7.43. The Hall–Kier alpha value is -1.22. The summed E-state index contributed by atoms with van der Waals surface area (Å²) in [6.07, 6.45) is 0.995. The summed E-state index contributed by atoms with van der Waals surface area (Å²) >= 11 is 0. The number of benzene rings is 1. The van der Waals surface area contributed by atoms with E-state index in [1.165, 1.54) is 6.07 Å². The molecule has 12 heavy (non-hydrogen) atoms. The second-order valence-corrected chi connectivity index (χ2v) is 2.70. The number of alkyl halides is 1. The summed E-state index contributed by atoms with van der Waals surface area (Å²) in [5.41, 5.74) is 0.363. The van der Waals surface area contributed by atoms with Crippen LogP contribution in [0.3, 0.4) is 0 Å². The quantitative estimate of drug-likeness (QED) is 0.629. The van der Waals surface area contributed by atoms with Gasteiger partial charge in [0.05, 0.1) is 0 Å². The summed E-state index contributed by atoms with van der Waals surface area (Å²) < 4.78 is 25.8. The van der Waals surface area contributed by atoms with Crippen molar-refractivity contribution < 1.29 is 13.9 Å². The molecule has 1 nitrogen and oxygen atoms in total. The van der Waals surface area contributed by atoms with Gasteiger partial charge in [0, 0.05) is 5.56 Å². The van der Waals surface area contributed by atoms with Gasteiger partial charge >= 0.3 is 0 Å². The zero-order valence-electron chi connectivity index (χ0n) is 6.09. The number of hydrogen-bond acceptors (Lipinski definition) is 1. The molecule has 0 bridgehead atoms. The molecule has 0 spiro atoms. The Bertz CT molecular complexity index is 355. The molecule has 2 rings (SSSR count). The van der Waals surface area contributed by atoms with E-state index in [9.17, 15) is 8.78 Å². The average Bonchev–Trinajstić information content (AvgIpc) is 2.25. The van der Waals surface area contributed by atoms with Gasteiger partial charge in [-0.1, -0.05) is 24.3 Å². The highest BCUT2D eigenvalue weighted by Gasteiger charge is 2.40. The third kappa shape index (κ3) is 0.800. The Morgan fingerprint density at radius 2 is 1.92 bits per heavy atom. The molecule has 0 heterocycles. The Labute approximate surface area is 68.0 Å². The van der Waals surface area contributed by atoms with Crippen molar-refractivity contribution in [2.45, 2.75) is 5.85 Å². The minimum Gasteiger partial charge on any atom is -0.353 e. The lowest BCUT2D eigenvalue weighted by atomic mass is 10.1. The van der Waals surface area contributed by atoms with Crippen molar-refractivity contribution in [2.24, 2.45) is 0 Å². The van der Waals surface area contributed by atoms with Gasteiger partial charge in [-0.05, 0) is 11.6 Å². The lowest BCUT2D eigenvalue weighted by molar-refractivity contribution is -0.0723. The van der Waals surface area contributed by atoms with Crippen LogP contribution in [0.4, 0.5) is 8.78 Å². The van der Waals surface area contributed by atoms with Gasteiger partial charge < -0.3 is 5.11 Å². The number of rotatable bonds is 0. The van der Waals surface area contributed by atoms with Crippen LogP contribution < -0.4 is 0 Å². The van der Waals surface area contributed by atoms with Gasteiger partial charge in [-0.15, -0.1) is 0 Å². The molecule has 0 aliphatic heterocycles. The highest BCUT2D eigenvalue weighted by Crippen LogP contribution is 2.41. The van der Waals surface area contributed by atoms with Crippen molar-refractivity contribution in [3.8, 4) is 0 Å². The van der Waals surface area contributed by atoms with E-state index in [1.807, 2.05) is 0 Å². The second-order valence-electron chi connectivity index (χ2n) is 2.70. The van der Waals surface area contributed by atoms with E-state index in [0.29, 0.717) is 5.56 Å². The predicted octanol–water partition coefficient (Wildman–Crippen LogP) is 2.13. The van der Waals surface area contributed by atoms with Crippen LogP contribution in [0.5, 0.6) is 0 Å². The van der Waals surface area contributed by atoms with Crippen LogP contribution in [-0.2, 0) is 5.85 Å². The van der Waals surface area contributed by atoms with Crippen LogP contribution >= 0.6 is 0 Å². The lowest BCUT2D eigenvalue weighted by Gasteiger charge is -2.12. The maximum atomic E-state index is 13.1. The highest BCUT2D eigenvalue weighted by atomic mass is 19.2. The summed E-state index contributed by atoms with van der Waals surface area (Å²) in [5.74, 6) is -4.07. The van der Waals surface area contributed by atoms with Crippen molar-refractivity contribution in [1.82, 2.24) is 0 Å². The molecule has 3 heteroatoms. The van der Waals surface area contributed by atoms with E-state index in [-0.39, 0.29) is 5.56 Å². The van der Waals surface area contributed by atoms with Gasteiger partial charge in [-0.2, -0.15) is 4.39 Å². The lowest BCUT2D eigenvalue weighted by Crippen LogP contribution is -2.16. The zero-order chi connectivity index (χ0) is 8.77. The van der Waals surface area contributed by atoms with Gasteiger partial charge in [0.1, 0.15) is 0 Å². The van der Waals surface area contributed by atoms with E-state index in [1.54, 1.807) is 18.2 Å². The number of fused-ring (bicyclic) bond motifs is 1. The topological polar surface area (TPSA) is 20.2 Å². The standard InChI is InChI=1S/C9H6F2O/c10-8-5-6-3-1-2-4-7(6)9(8,11)12/h1-5,12H. The molecule has 1 aliphatic rings. The zero-order valence-corrected chi connectivity index (χ0v) is 6.09. The third-order valence-electron chi connectivity index (χ3n) is 1.92. The maximum absolute atomic E-state index is 13.1. The van der Waals surface area contributed by atoms with Crippen molar-refractivity contribution in [3.05, 3.63) is 41.2 Å². The average molecular weight is 168 g/mol. The van der Waals surface area contributed by atoms with Crippen molar-refractivity contribution in [3.63, 3.8) is 0 Å². The maximum Gasteiger partial charge on any atom is 0.286 e. The van der Waals surface area contributed by atoms with Crippen LogP contribution in [0.1, 0.15) is 11.1 Å². The molecular formula is C9H6F2O. The Morgan fingerprint density at radius 3 is 2.58 bits per heavy atom. The molecule has 1 aliphatic carbocycles. The van der Waals surface area contributed by atoms with Crippen molar-refractivity contribution in [1.29, 1.82) is 0 Å². The molecule has 1 N–H and O–H groups in total. The molecule has 1 unspecified atom stereocenters. The van der Waals surface area contributed by atoms with Crippen LogP contribution in [0.25, 0.3) is 6.08 Å². The molecule has 0 saturated carbocycles. The fraction of sp³-hybridized carbons (Fsp3) is 0.111.